The van der Waals surface area contributed by atoms with Crippen LogP contribution in [0.1, 0.15) is 20.7 Å². The van der Waals surface area contributed by atoms with Crippen LogP contribution in [0, 0.1) is 0 Å². The molecule has 0 bridgehead atoms. The SMILES string of the molecule is O=C(c1ccc(Cl)cc1)C(Br)c1ccccc1Cl. The molecule has 0 heterocycles. The number of halogens is 3. The van der Waals surface area contributed by atoms with Crippen LogP contribution in [-0.2, 0) is 0 Å². The fourth-order valence-electron chi connectivity index (χ4n) is 1.58. The fraction of sp³-hybridized carbons (Fsp3) is 0.0714. The van der Waals surface area contributed by atoms with Crippen LogP contribution >= 0.6 is 39.1 Å². The molecule has 1 nitrogen and oxygen atoms in total. The standard InChI is InChI=1S/C14H9BrCl2O/c15-13(11-3-1-2-4-12(11)17)14(18)9-5-7-10(16)8-6-9/h1-8,13H. The van der Waals surface area contributed by atoms with E-state index in [1.165, 1.54) is 0 Å². The highest BCUT2D eigenvalue weighted by molar-refractivity contribution is 9.09. The van der Waals surface area contributed by atoms with Crippen LogP contribution in [0.15, 0.2) is 48.5 Å². The molecule has 2 aromatic rings. The molecule has 0 spiro atoms. The molecule has 0 amide bonds. The maximum atomic E-state index is 12.3. The number of carbonyl (C=O) groups is 1. The average Bonchev–Trinajstić information content (AvgIpc) is 2.38. The molecule has 0 aliphatic heterocycles. The maximum Gasteiger partial charge on any atom is 0.180 e. The lowest BCUT2D eigenvalue weighted by atomic mass is 10.0. The third-order valence-electron chi connectivity index (χ3n) is 2.54. The monoisotopic (exact) mass is 342 g/mol. The number of carbonyl (C=O) groups excluding carboxylic acids is 1. The predicted octanol–water partition coefficient (Wildman–Crippen LogP) is 5.31. The number of hydrogen-bond acceptors (Lipinski definition) is 1. The van der Waals surface area contributed by atoms with E-state index < -0.39 is 4.83 Å². The van der Waals surface area contributed by atoms with E-state index in [0.717, 1.165) is 5.56 Å². The Morgan fingerprint density at radius 1 is 1.00 bits per heavy atom. The Bertz CT molecular complexity index is 566. The van der Waals surface area contributed by atoms with E-state index in [1.54, 1.807) is 30.3 Å². The minimum Gasteiger partial charge on any atom is -0.293 e. The van der Waals surface area contributed by atoms with Crippen molar-refractivity contribution in [3.05, 3.63) is 69.7 Å². The van der Waals surface area contributed by atoms with E-state index in [4.69, 9.17) is 23.2 Å². The van der Waals surface area contributed by atoms with Crippen LogP contribution in [-0.4, -0.2) is 5.78 Å². The van der Waals surface area contributed by atoms with Crippen molar-refractivity contribution in [2.75, 3.05) is 0 Å². The summed E-state index contributed by atoms with van der Waals surface area (Å²) < 4.78 is 0. The lowest BCUT2D eigenvalue weighted by Gasteiger charge is -2.11. The van der Waals surface area contributed by atoms with Gasteiger partial charge in [-0.25, -0.2) is 0 Å². The molecule has 0 saturated heterocycles. The van der Waals surface area contributed by atoms with Gasteiger partial charge in [-0.3, -0.25) is 4.79 Å². The van der Waals surface area contributed by atoms with Gasteiger partial charge in [0.05, 0.1) is 0 Å². The van der Waals surface area contributed by atoms with E-state index in [1.807, 2.05) is 18.2 Å². The molecule has 0 N–H and O–H groups in total. The highest BCUT2D eigenvalue weighted by Crippen LogP contribution is 2.32. The van der Waals surface area contributed by atoms with Crippen molar-refractivity contribution < 1.29 is 4.79 Å². The third kappa shape index (κ3) is 2.94. The summed E-state index contributed by atoms with van der Waals surface area (Å²) in [5, 5.41) is 1.18. The zero-order valence-electron chi connectivity index (χ0n) is 9.24. The average molecular weight is 344 g/mol. The first-order valence-corrected chi connectivity index (χ1v) is 6.95. The second-order valence-electron chi connectivity index (χ2n) is 3.76. The molecule has 1 unspecified atom stereocenters. The Labute approximate surface area is 124 Å². The summed E-state index contributed by atoms with van der Waals surface area (Å²) in [7, 11) is 0. The van der Waals surface area contributed by atoms with Gasteiger partial charge in [0.2, 0.25) is 0 Å². The Morgan fingerprint density at radius 3 is 2.22 bits per heavy atom. The smallest absolute Gasteiger partial charge is 0.180 e. The van der Waals surface area contributed by atoms with Gasteiger partial charge < -0.3 is 0 Å². The Balaban J connectivity index is 2.29. The molecule has 92 valence electrons. The number of hydrogen-bond donors (Lipinski definition) is 0. The first-order valence-electron chi connectivity index (χ1n) is 5.28. The normalized spacial score (nSPS) is 12.2. The Morgan fingerprint density at radius 2 is 1.61 bits per heavy atom. The minimum absolute atomic E-state index is 0.0419. The van der Waals surface area contributed by atoms with Crippen molar-refractivity contribution in [1.29, 1.82) is 0 Å². The van der Waals surface area contributed by atoms with Gasteiger partial charge in [-0.05, 0) is 35.9 Å². The molecule has 4 heteroatoms. The van der Waals surface area contributed by atoms with Crippen molar-refractivity contribution >= 4 is 44.9 Å². The van der Waals surface area contributed by atoms with Crippen LogP contribution < -0.4 is 0 Å². The number of ketones is 1. The summed E-state index contributed by atoms with van der Waals surface area (Å²) >= 11 is 15.3. The van der Waals surface area contributed by atoms with Gasteiger partial charge in [-0.2, -0.15) is 0 Å². The van der Waals surface area contributed by atoms with Crippen molar-refractivity contribution in [3.8, 4) is 0 Å². The Kier molecular flexibility index (Phi) is 4.44. The van der Waals surface area contributed by atoms with Crippen LogP contribution in [0.25, 0.3) is 0 Å². The summed E-state index contributed by atoms with van der Waals surface area (Å²) in [5.41, 5.74) is 1.36. The largest absolute Gasteiger partial charge is 0.293 e. The minimum atomic E-state index is -0.452. The predicted molar refractivity (Wildman–Crippen MR) is 78.9 cm³/mol. The van der Waals surface area contributed by atoms with E-state index in [0.29, 0.717) is 15.6 Å². The molecular formula is C14H9BrCl2O. The summed E-state index contributed by atoms with van der Waals surface area (Å²) in [4.78, 5) is 11.8. The number of rotatable bonds is 3. The van der Waals surface area contributed by atoms with Crippen molar-refractivity contribution in [1.82, 2.24) is 0 Å². The molecule has 0 radical (unpaired) electrons. The maximum absolute atomic E-state index is 12.3. The fourth-order valence-corrected chi connectivity index (χ4v) is 2.75. The first kappa shape index (κ1) is 13.6. The second kappa shape index (κ2) is 5.87. The molecule has 0 saturated carbocycles. The van der Waals surface area contributed by atoms with Gasteiger partial charge in [0.1, 0.15) is 4.83 Å². The molecule has 0 aromatic heterocycles. The highest BCUT2D eigenvalue weighted by atomic mass is 79.9. The summed E-state index contributed by atoms with van der Waals surface area (Å²) in [6.07, 6.45) is 0. The molecule has 1 atom stereocenters. The molecule has 2 aromatic carbocycles. The van der Waals surface area contributed by atoms with E-state index in [9.17, 15) is 4.79 Å². The van der Waals surface area contributed by atoms with Crippen LogP contribution in [0.3, 0.4) is 0 Å². The van der Waals surface area contributed by atoms with Gasteiger partial charge in [0.25, 0.3) is 0 Å². The quantitative estimate of drug-likeness (QED) is 0.545. The molecule has 18 heavy (non-hydrogen) atoms. The summed E-state index contributed by atoms with van der Waals surface area (Å²) in [5.74, 6) is -0.0419. The van der Waals surface area contributed by atoms with Gasteiger partial charge >= 0.3 is 0 Å². The van der Waals surface area contributed by atoms with E-state index >= 15 is 0 Å². The number of alkyl halides is 1. The van der Waals surface area contributed by atoms with E-state index in [2.05, 4.69) is 15.9 Å². The molecule has 2 rings (SSSR count). The molecule has 0 aliphatic rings. The van der Waals surface area contributed by atoms with Crippen LogP contribution in [0.5, 0.6) is 0 Å². The highest BCUT2D eigenvalue weighted by Gasteiger charge is 2.20. The van der Waals surface area contributed by atoms with Crippen molar-refractivity contribution in [2.45, 2.75) is 4.83 Å². The zero-order valence-corrected chi connectivity index (χ0v) is 12.3. The van der Waals surface area contributed by atoms with Crippen LogP contribution in [0.2, 0.25) is 10.0 Å². The van der Waals surface area contributed by atoms with Gasteiger partial charge in [0.15, 0.2) is 5.78 Å². The summed E-state index contributed by atoms with van der Waals surface area (Å²) in [6, 6.07) is 14.1. The number of Topliss-reactive ketones (excluding diaryl/α,β-unsaturated/α-hetero) is 1. The lowest BCUT2D eigenvalue weighted by molar-refractivity contribution is 0.0991. The molecular weight excluding hydrogens is 335 g/mol. The molecule has 0 aliphatic carbocycles. The summed E-state index contributed by atoms with van der Waals surface area (Å²) in [6.45, 7) is 0. The first-order chi connectivity index (χ1) is 8.59. The van der Waals surface area contributed by atoms with E-state index in [-0.39, 0.29) is 5.78 Å². The van der Waals surface area contributed by atoms with Crippen molar-refractivity contribution in [3.63, 3.8) is 0 Å². The second-order valence-corrected chi connectivity index (χ2v) is 5.51. The molecule has 0 fully saturated rings. The third-order valence-corrected chi connectivity index (χ3v) is 4.04. The zero-order chi connectivity index (χ0) is 13.1. The van der Waals surface area contributed by atoms with Crippen LogP contribution in [0.4, 0.5) is 0 Å². The van der Waals surface area contributed by atoms with Gasteiger partial charge in [-0.15, -0.1) is 0 Å². The van der Waals surface area contributed by atoms with Gasteiger partial charge in [-0.1, -0.05) is 57.3 Å². The topological polar surface area (TPSA) is 17.1 Å². The van der Waals surface area contributed by atoms with Gasteiger partial charge in [0, 0.05) is 15.6 Å². The van der Waals surface area contributed by atoms with Crippen molar-refractivity contribution in [2.24, 2.45) is 0 Å². The lowest BCUT2D eigenvalue weighted by Crippen LogP contribution is -2.07. The Hall–Kier alpha value is -0.830. The number of benzene rings is 2.